The van der Waals surface area contributed by atoms with Crippen molar-refractivity contribution in [3.63, 3.8) is 0 Å². The number of benzene rings is 1. The third-order valence-corrected chi connectivity index (χ3v) is 8.85. The number of aryl methyl sites for hydroxylation is 2. The Labute approximate surface area is 199 Å². The smallest absolute Gasteiger partial charge is 0.223 e. The molecule has 3 aliphatic rings. The van der Waals surface area contributed by atoms with E-state index in [1.54, 1.807) is 0 Å². The van der Waals surface area contributed by atoms with Gasteiger partial charge in [0.05, 0.1) is 18.6 Å². The van der Waals surface area contributed by atoms with E-state index in [0.717, 1.165) is 62.6 Å². The lowest BCUT2D eigenvalue weighted by Crippen LogP contribution is -2.47. The lowest BCUT2D eigenvalue weighted by molar-refractivity contribution is 0.00749. The Kier molecular flexibility index (Phi) is 5.94. The largest absolute Gasteiger partial charge is 0.379 e. The minimum Gasteiger partial charge on any atom is -0.379 e. The van der Waals surface area contributed by atoms with Crippen LogP contribution in [0.1, 0.15) is 49.0 Å². The number of fused-ring (bicyclic) bond motifs is 3. The highest BCUT2D eigenvalue weighted by molar-refractivity contribution is 7.19. The molecule has 0 amide bonds. The van der Waals surface area contributed by atoms with E-state index in [9.17, 15) is 0 Å². The van der Waals surface area contributed by atoms with Crippen LogP contribution in [0.5, 0.6) is 0 Å². The molecule has 2 aliphatic carbocycles. The van der Waals surface area contributed by atoms with Gasteiger partial charge in [0.2, 0.25) is 5.95 Å². The standard InChI is InChI=1S/C26H33N5OS/c27-26-28-24(23-21-8-4-5-9-22(21)33-25(23)29-26)31(19-6-2-1-3-7-19)20-12-10-18(11-13-20)30-14-16-32-17-15-30/h1-3,6-7,18,20H,4-5,8-17H2,(H2,27,28,29). The van der Waals surface area contributed by atoms with Gasteiger partial charge in [0, 0.05) is 35.7 Å². The fraction of sp³-hybridized carbons (Fsp3) is 0.538. The predicted octanol–water partition coefficient (Wildman–Crippen LogP) is 4.93. The van der Waals surface area contributed by atoms with E-state index in [2.05, 4.69) is 45.1 Å². The minimum atomic E-state index is 0.388. The summed E-state index contributed by atoms with van der Waals surface area (Å²) in [4.78, 5) is 17.3. The average Bonchev–Trinajstić information content (AvgIpc) is 3.24. The van der Waals surface area contributed by atoms with Crippen molar-refractivity contribution >= 4 is 39.0 Å². The van der Waals surface area contributed by atoms with E-state index in [0.29, 0.717) is 18.0 Å². The highest BCUT2D eigenvalue weighted by Crippen LogP contribution is 2.44. The molecule has 6 rings (SSSR count). The Morgan fingerprint density at radius 3 is 2.52 bits per heavy atom. The molecule has 2 fully saturated rings. The molecule has 1 aromatic carbocycles. The number of nitrogens with zero attached hydrogens (tertiary/aromatic N) is 4. The van der Waals surface area contributed by atoms with Gasteiger partial charge in [0.25, 0.3) is 0 Å². The first kappa shape index (κ1) is 21.3. The second-order valence-electron chi connectivity index (χ2n) is 9.61. The van der Waals surface area contributed by atoms with Crippen molar-refractivity contribution in [1.29, 1.82) is 0 Å². The molecule has 2 N–H and O–H groups in total. The molecule has 0 radical (unpaired) electrons. The van der Waals surface area contributed by atoms with Gasteiger partial charge >= 0.3 is 0 Å². The average molecular weight is 464 g/mol. The Hall–Kier alpha value is -2.22. The van der Waals surface area contributed by atoms with Gasteiger partial charge in [-0.25, -0.2) is 4.98 Å². The van der Waals surface area contributed by atoms with Gasteiger partial charge in [0.1, 0.15) is 10.6 Å². The maximum absolute atomic E-state index is 6.29. The molecule has 3 heterocycles. The molecular formula is C26H33N5OS. The monoisotopic (exact) mass is 463 g/mol. The van der Waals surface area contributed by atoms with Crippen LogP contribution in [0.4, 0.5) is 17.5 Å². The number of rotatable bonds is 4. The topological polar surface area (TPSA) is 67.5 Å². The van der Waals surface area contributed by atoms with Crippen molar-refractivity contribution in [2.45, 2.75) is 63.5 Å². The summed E-state index contributed by atoms with van der Waals surface area (Å²) in [5.74, 6) is 1.41. The van der Waals surface area contributed by atoms with Crippen LogP contribution in [0.25, 0.3) is 10.2 Å². The molecule has 6 nitrogen and oxygen atoms in total. The molecule has 1 saturated heterocycles. The zero-order valence-electron chi connectivity index (χ0n) is 19.2. The van der Waals surface area contributed by atoms with Crippen molar-refractivity contribution in [1.82, 2.24) is 14.9 Å². The first-order valence-electron chi connectivity index (χ1n) is 12.5. The highest BCUT2D eigenvalue weighted by Gasteiger charge is 2.33. The Balaban J connectivity index is 1.38. The zero-order valence-corrected chi connectivity index (χ0v) is 20.0. The number of thiophene rings is 1. The number of hydrogen-bond acceptors (Lipinski definition) is 7. The molecule has 0 spiro atoms. The number of nitrogens with two attached hydrogens (primary N) is 1. The molecule has 174 valence electrons. The third-order valence-electron chi connectivity index (χ3n) is 7.67. The third kappa shape index (κ3) is 4.11. The van der Waals surface area contributed by atoms with Crippen LogP contribution < -0.4 is 10.6 Å². The Bertz CT molecular complexity index is 1100. The zero-order chi connectivity index (χ0) is 22.2. The number of hydrogen-bond donors (Lipinski definition) is 1. The van der Waals surface area contributed by atoms with Gasteiger partial charge in [-0.3, -0.25) is 4.90 Å². The van der Waals surface area contributed by atoms with Crippen LogP contribution in [0.2, 0.25) is 0 Å². The van der Waals surface area contributed by atoms with Crippen molar-refractivity contribution < 1.29 is 4.74 Å². The van der Waals surface area contributed by atoms with Crippen LogP contribution in [-0.4, -0.2) is 53.3 Å². The van der Waals surface area contributed by atoms with Crippen molar-refractivity contribution in [2.24, 2.45) is 0 Å². The van der Waals surface area contributed by atoms with Gasteiger partial charge in [-0.15, -0.1) is 11.3 Å². The number of anilines is 3. The molecule has 0 unspecified atom stereocenters. The summed E-state index contributed by atoms with van der Waals surface area (Å²) in [7, 11) is 0. The van der Waals surface area contributed by atoms with Gasteiger partial charge < -0.3 is 15.4 Å². The molecule has 7 heteroatoms. The van der Waals surface area contributed by atoms with E-state index in [1.807, 2.05) is 11.3 Å². The van der Waals surface area contributed by atoms with Crippen LogP contribution in [0, 0.1) is 0 Å². The second-order valence-corrected chi connectivity index (χ2v) is 10.7. The fourth-order valence-corrected chi connectivity index (χ4v) is 7.31. The number of nitrogen functional groups attached to an aromatic ring is 1. The van der Waals surface area contributed by atoms with E-state index >= 15 is 0 Å². The summed E-state index contributed by atoms with van der Waals surface area (Å²) >= 11 is 1.83. The Morgan fingerprint density at radius 2 is 1.73 bits per heavy atom. The number of aromatic nitrogens is 2. The van der Waals surface area contributed by atoms with E-state index in [-0.39, 0.29) is 0 Å². The summed E-state index contributed by atoms with van der Waals surface area (Å²) < 4.78 is 5.58. The number of morpholine rings is 1. The molecular weight excluding hydrogens is 430 g/mol. The lowest BCUT2D eigenvalue weighted by atomic mass is 9.88. The number of para-hydroxylation sites is 1. The quantitative estimate of drug-likeness (QED) is 0.592. The summed E-state index contributed by atoms with van der Waals surface area (Å²) in [5.41, 5.74) is 8.97. The maximum atomic E-state index is 6.29. The van der Waals surface area contributed by atoms with Crippen molar-refractivity contribution in [3.05, 3.63) is 40.8 Å². The maximum Gasteiger partial charge on any atom is 0.223 e. The SMILES string of the molecule is Nc1nc(N(c2ccccc2)C2CCC(N3CCOCC3)CC2)c2c3c(sc2n1)CCCC3. The second kappa shape index (κ2) is 9.20. The normalized spacial score (nSPS) is 24.0. The van der Waals surface area contributed by atoms with Crippen LogP contribution in [0.3, 0.4) is 0 Å². The summed E-state index contributed by atoms with van der Waals surface area (Å²) in [6.07, 6.45) is 9.57. The number of ether oxygens (including phenoxy) is 1. The van der Waals surface area contributed by atoms with Crippen molar-refractivity contribution in [2.75, 3.05) is 36.9 Å². The van der Waals surface area contributed by atoms with Gasteiger partial charge in [-0.05, 0) is 69.1 Å². The first-order valence-corrected chi connectivity index (χ1v) is 13.3. The van der Waals surface area contributed by atoms with Crippen molar-refractivity contribution in [3.8, 4) is 0 Å². The molecule has 2 aromatic heterocycles. The van der Waals surface area contributed by atoms with E-state index in [4.69, 9.17) is 15.5 Å². The van der Waals surface area contributed by atoms with Crippen LogP contribution in [-0.2, 0) is 17.6 Å². The van der Waals surface area contributed by atoms with Gasteiger partial charge in [0.15, 0.2) is 0 Å². The van der Waals surface area contributed by atoms with E-state index in [1.165, 1.54) is 47.2 Å². The molecule has 1 saturated carbocycles. The van der Waals surface area contributed by atoms with Gasteiger partial charge in [-0.2, -0.15) is 4.98 Å². The lowest BCUT2D eigenvalue weighted by Gasteiger charge is -2.42. The summed E-state index contributed by atoms with van der Waals surface area (Å²) in [5, 5.41) is 1.25. The molecule has 0 atom stereocenters. The van der Waals surface area contributed by atoms with Crippen LogP contribution in [0.15, 0.2) is 30.3 Å². The molecule has 3 aromatic rings. The molecule has 33 heavy (non-hydrogen) atoms. The van der Waals surface area contributed by atoms with E-state index < -0.39 is 0 Å². The summed E-state index contributed by atoms with van der Waals surface area (Å²) in [6, 6.07) is 11.9. The van der Waals surface area contributed by atoms with Crippen LogP contribution >= 0.6 is 11.3 Å². The predicted molar refractivity (Wildman–Crippen MR) is 135 cm³/mol. The molecule has 0 bridgehead atoms. The Morgan fingerprint density at radius 1 is 0.970 bits per heavy atom. The highest BCUT2D eigenvalue weighted by atomic mass is 32.1. The minimum absolute atomic E-state index is 0.388. The first-order chi connectivity index (χ1) is 16.3. The summed E-state index contributed by atoms with van der Waals surface area (Å²) in [6.45, 7) is 3.89. The van der Waals surface area contributed by atoms with Gasteiger partial charge in [-0.1, -0.05) is 18.2 Å². The fourth-order valence-electron chi connectivity index (χ4n) is 6.05. The molecule has 1 aliphatic heterocycles.